The van der Waals surface area contributed by atoms with E-state index in [-0.39, 0.29) is 18.7 Å². The molecule has 30 heavy (non-hydrogen) atoms. The predicted octanol–water partition coefficient (Wildman–Crippen LogP) is 5.43. The molecule has 0 spiro atoms. The monoisotopic (exact) mass is 416 g/mol. The minimum atomic E-state index is -0.491. The Morgan fingerprint density at radius 3 is 2.47 bits per heavy atom. The summed E-state index contributed by atoms with van der Waals surface area (Å²) in [5.41, 5.74) is 1.87. The van der Waals surface area contributed by atoms with Crippen molar-refractivity contribution in [2.24, 2.45) is 0 Å². The van der Waals surface area contributed by atoms with Crippen LogP contribution in [-0.2, 0) is 16.1 Å². The number of ether oxygens (including phenoxy) is 2. The molecule has 0 aliphatic heterocycles. The quantitative estimate of drug-likeness (QED) is 0.431. The average molecular weight is 417 g/mol. The fraction of sp³-hybridized carbons (Fsp3) is 0.583. The molecule has 0 heterocycles. The number of rotatable bonds is 9. The van der Waals surface area contributed by atoms with Gasteiger partial charge in [0.25, 0.3) is 0 Å². The molecule has 2 rings (SSSR count). The highest BCUT2D eigenvalue weighted by Gasteiger charge is 2.20. The molecule has 0 aromatic heterocycles. The molecule has 1 fully saturated rings. The summed E-state index contributed by atoms with van der Waals surface area (Å²) in [6, 6.07) is 9.61. The Morgan fingerprint density at radius 1 is 1.17 bits per heavy atom. The molecule has 2 amide bonds. The third-order valence-electron chi connectivity index (χ3n) is 4.91. The first-order valence-corrected chi connectivity index (χ1v) is 10.8. The van der Waals surface area contributed by atoms with Crippen LogP contribution in [0.5, 0.6) is 0 Å². The van der Waals surface area contributed by atoms with E-state index in [1.54, 1.807) is 11.9 Å². The zero-order valence-electron chi connectivity index (χ0n) is 18.8. The Hall–Kier alpha value is -2.50. The molecule has 1 saturated carbocycles. The molecule has 0 saturated heterocycles. The molecular formula is C24H36N2O4. The van der Waals surface area contributed by atoms with Gasteiger partial charge in [-0.15, -0.1) is 0 Å². The minimum absolute atomic E-state index is 0.0459. The van der Waals surface area contributed by atoms with Gasteiger partial charge in [-0.1, -0.05) is 42.0 Å². The van der Waals surface area contributed by atoms with Crippen LogP contribution in [0.2, 0.25) is 0 Å². The van der Waals surface area contributed by atoms with Crippen LogP contribution in [0.25, 0.3) is 0 Å². The van der Waals surface area contributed by atoms with Gasteiger partial charge < -0.3 is 19.7 Å². The number of allylic oxidation sites excluding steroid dienone is 1. The van der Waals surface area contributed by atoms with Gasteiger partial charge in [-0.05, 0) is 64.9 Å². The Bertz CT molecular complexity index is 704. The molecule has 1 aliphatic carbocycles. The van der Waals surface area contributed by atoms with Gasteiger partial charge in [-0.3, -0.25) is 0 Å². The Labute approximate surface area is 180 Å². The highest BCUT2D eigenvalue weighted by Crippen LogP contribution is 2.26. The molecule has 0 bridgehead atoms. The van der Waals surface area contributed by atoms with Gasteiger partial charge in [-0.25, -0.2) is 9.59 Å². The number of nitrogens with zero attached hydrogens (tertiary/aromatic N) is 1. The number of hydrogen-bond donors (Lipinski definition) is 1. The fourth-order valence-electron chi connectivity index (χ4n) is 3.09. The smallest absolute Gasteiger partial charge is 0.410 e. The van der Waals surface area contributed by atoms with Gasteiger partial charge in [-0.2, -0.15) is 0 Å². The van der Waals surface area contributed by atoms with Crippen molar-refractivity contribution in [2.75, 3.05) is 13.6 Å². The van der Waals surface area contributed by atoms with Gasteiger partial charge >= 0.3 is 12.2 Å². The van der Waals surface area contributed by atoms with Gasteiger partial charge in [0.15, 0.2) is 0 Å². The van der Waals surface area contributed by atoms with Gasteiger partial charge in [0.2, 0.25) is 0 Å². The summed E-state index contributed by atoms with van der Waals surface area (Å²) in [7, 11) is 1.75. The van der Waals surface area contributed by atoms with Crippen molar-refractivity contribution in [1.29, 1.82) is 0 Å². The molecule has 1 aromatic carbocycles. The molecule has 6 heteroatoms. The van der Waals surface area contributed by atoms with Crippen molar-refractivity contribution in [1.82, 2.24) is 10.2 Å². The molecule has 0 radical (unpaired) electrons. The number of alkyl carbamates (subject to hydrolysis) is 1. The lowest BCUT2D eigenvalue weighted by Crippen LogP contribution is -2.35. The zero-order valence-corrected chi connectivity index (χ0v) is 18.8. The van der Waals surface area contributed by atoms with E-state index in [4.69, 9.17) is 9.47 Å². The average Bonchev–Trinajstić information content (AvgIpc) is 2.65. The molecule has 0 unspecified atom stereocenters. The third-order valence-corrected chi connectivity index (χ3v) is 4.91. The van der Waals surface area contributed by atoms with Gasteiger partial charge in [0.05, 0.1) is 6.04 Å². The molecule has 1 atom stereocenters. The van der Waals surface area contributed by atoms with Crippen LogP contribution in [0.1, 0.15) is 64.9 Å². The SMILES string of the molecule is CN(CCCC[C@@H](C=C1CCC1)NC(=O)OCc1ccccc1)C(=O)OC(C)(C)C. The first-order chi connectivity index (χ1) is 14.2. The van der Waals surface area contributed by atoms with Crippen LogP contribution in [-0.4, -0.2) is 42.3 Å². The van der Waals surface area contributed by atoms with Crippen LogP contribution in [0.4, 0.5) is 9.59 Å². The summed E-state index contributed by atoms with van der Waals surface area (Å²) in [5, 5.41) is 2.99. The number of hydrogen-bond acceptors (Lipinski definition) is 4. The summed E-state index contributed by atoms with van der Waals surface area (Å²) < 4.78 is 10.7. The Kier molecular flexibility index (Phi) is 9.21. The standard InChI is InChI=1S/C24H36N2O4/c1-24(2,3)30-23(28)26(4)16-9-8-15-21(17-19-13-10-14-19)25-22(27)29-18-20-11-6-5-7-12-20/h5-7,11-12,17,21H,8-10,13-16,18H2,1-4H3,(H,25,27)/t21-/m0/s1. The fourth-order valence-corrected chi connectivity index (χ4v) is 3.09. The van der Waals surface area contributed by atoms with E-state index in [2.05, 4.69) is 11.4 Å². The lowest BCUT2D eigenvalue weighted by Gasteiger charge is -2.25. The van der Waals surface area contributed by atoms with Crippen molar-refractivity contribution in [3.05, 3.63) is 47.5 Å². The second-order valence-corrected chi connectivity index (χ2v) is 8.89. The van der Waals surface area contributed by atoms with Crippen LogP contribution >= 0.6 is 0 Å². The molecular weight excluding hydrogens is 380 g/mol. The predicted molar refractivity (Wildman–Crippen MR) is 118 cm³/mol. The van der Waals surface area contributed by atoms with E-state index in [1.165, 1.54) is 12.0 Å². The molecule has 166 valence electrons. The highest BCUT2D eigenvalue weighted by atomic mass is 16.6. The first-order valence-electron chi connectivity index (χ1n) is 10.8. The van der Waals surface area contributed by atoms with Crippen LogP contribution in [0.15, 0.2) is 42.0 Å². The Morgan fingerprint density at radius 2 is 1.87 bits per heavy atom. The van der Waals surface area contributed by atoms with Gasteiger partial charge in [0, 0.05) is 13.6 Å². The van der Waals surface area contributed by atoms with Crippen molar-refractivity contribution in [3.8, 4) is 0 Å². The molecule has 1 N–H and O–H groups in total. The van der Waals surface area contributed by atoms with E-state index < -0.39 is 11.7 Å². The Balaban J connectivity index is 1.75. The number of unbranched alkanes of at least 4 members (excludes halogenated alkanes) is 1. The van der Waals surface area contributed by atoms with Crippen LogP contribution in [0.3, 0.4) is 0 Å². The lowest BCUT2D eigenvalue weighted by molar-refractivity contribution is 0.0296. The number of carbonyl (C=O) groups is 2. The number of benzene rings is 1. The number of amides is 2. The number of carbonyl (C=O) groups excluding carboxylic acids is 2. The topological polar surface area (TPSA) is 67.9 Å². The maximum Gasteiger partial charge on any atom is 0.410 e. The summed E-state index contributed by atoms with van der Waals surface area (Å²) >= 11 is 0. The van der Waals surface area contributed by atoms with Crippen molar-refractivity contribution in [2.45, 2.75) is 77.5 Å². The van der Waals surface area contributed by atoms with E-state index in [9.17, 15) is 9.59 Å². The van der Waals surface area contributed by atoms with Crippen molar-refractivity contribution in [3.63, 3.8) is 0 Å². The number of nitrogens with one attached hydrogen (secondary N) is 1. The van der Waals surface area contributed by atoms with Crippen molar-refractivity contribution >= 4 is 12.2 Å². The highest BCUT2D eigenvalue weighted by molar-refractivity contribution is 5.68. The summed E-state index contributed by atoms with van der Waals surface area (Å²) in [6.45, 7) is 6.47. The van der Waals surface area contributed by atoms with Gasteiger partial charge in [0.1, 0.15) is 12.2 Å². The largest absolute Gasteiger partial charge is 0.445 e. The normalized spacial score (nSPS) is 14.3. The molecule has 1 aromatic rings. The lowest BCUT2D eigenvalue weighted by atomic mass is 9.90. The van der Waals surface area contributed by atoms with E-state index in [0.29, 0.717) is 6.54 Å². The summed E-state index contributed by atoms with van der Waals surface area (Å²) in [6.07, 6.45) is 7.45. The van der Waals surface area contributed by atoms with Crippen LogP contribution in [0, 0.1) is 0 Å². The molecule has 1 aliphatic rings. The minimum Gasteiger partial charge on any atom is -0.445 e. The second-order valence-electron chi connectivity index (χ2n) is 8.89. The first kappa shape index (κ1) is 23.8. The van der Waals surface area contributed by atoms with E-state index in [1.807, 2.05) is 51.1 Å². The zero-order chi connectivity index (χ0) is 22.0. The van der Waals surface area contributed by atoms with Crippen molar-refractivity contribution < 1.29 is 19.1 Å². The second kappa shape index (κ2) is 11.6. The maximum absolute atomic E-state index is 12.2. The van der Waals surface area contributed by atoms with E-state index in [0.717, 1.165) is 37.7 Å². The summed E-state index contributed by atoms with van der Waals surface area (Å²) in [4.78, 5) is 25.9. The maximum atomic E-state index is 12.2. The van der Waals surface area contributed by atoms with E-state index >= 15 is 0 Å². The van der Waals surface area contributed by atoms with Crippen LogP contribution < -0.4 is 5.32 Å². The third kappa shape index (κ3) is 9.33. The summed E-state index contributed by atoms with van der Waals surface area (Å²) in [5.74, 6) is 0. The molecule has 6 nitrogen and oxygen atoms in total.